The smallest absolute Gasteiger partial charge is 0.141 e. The summed E-state index contributed by atoms with van der Waals surface area (Å²) in [5, 5.41) is 0. The highest BCUT2D eigenvalue weighted by atomic mass is 16.1. The van der Waals surface area contributed by atoms with Crippen molar-refractivity contribution >= 4 is 17.3 Å². The predicted octanol–water partition coefficient (Wildman–Crippen LogP) is 31.5. The minimum atomic E-state index is -0.135. The summed E-state index contributed by atoms with van der Waals surface area (Å²) in [7, 11) is 0. The van der Waals surface area contributed by atoms with Crippen LogP contribution in [0, 0.1) is 63.1 Å². The minimum Gasteiger partial charge on any atom is -0.301 e. The van der Waals surface area contributed by atoms with Gasteiger partial charge < -0.3 is 9.80 Å². The molecule has 874 valence electrons. The lowest BCUT2D eigenvalue weighted by Gasteiger charge is -2.47. The number of aromatic nitrogens is 4. The molecule has 7 fully saturated rings. The number of benzene rings is 1. The number of piperazine rings is 2. The number of likely N-dealkylation sites (tertiary alicyclic amines) is 3. The van der Waals surface area contributed by atoms with Crippen LogP contribution >= 0.6 is 0 Å². The molecule has 10 heterocycles. The Hall–Kier alpha value is -4.01. The van der Waals surface area contributed by atoms with Crippen LogP contribution in [0.5, 0.6) is 0 Å². The largest absolute Gasteiger partial charge is 0.301 e. The topological polar surface area (TPSA) is 135 Å². The molecular weight excluding hydrogens is 1840 g/mol. The lowest BCUT2D eigenvalue weighted by atomic mass is 9.69. The number of piperidine rings is 1. The number of nitrogens with zero attached hydrogens (tertiary/aromatic N) is 14. The molecule has 0 spiro atoms. The fraction of sp³-hybridized carbons (Fsp3) is 0.872. The van der Waals surface area contributed by atoms with E-state index in [9.17, 15) is 14.4 Å². The Kier molecular flexibility index (Phi) is 62.8. The number of ketones is 3. The standard InChI is InChI=1S/C15H23N.C14H23N3.C13H21N3.C13H24O.C12H24.C11H24N2.C11H23N.C10H22N2.C10H21N.C9H19N.C8H16O.C7H14O/c1-5-12-6-7-14-11-16(15(2,3)4)9-8-13(14)10-12;1-5-6-13-15-9-11-10-17(14(2,3)4)8-7-12(11)16-13;1-5-12-14-8-10-9-16(13(2,3)4)7-6-11(10)15-12;1-5-10-6-8-11(9-7-10)12(14)13(2,3)4;1-5-10-6-8-11(9-7-10)12(2,3)4;1-5-6-12-7-9-13(10-8-12)11(2,3)4;1-5-10-6-8-12(9-7-10)11(2,3)4;1-5-11-6-8-12(9-7-11)10(2,3)4;1-5-9-6-7-11(8-9)10(2,3)4;1-5-8-6-10(7-8)9(2,3)4;1-5-6-7(9)8(2,3)4;1-5-6(8)7(2,3)4/h6-7,10H,5,8-9,11H2,1-4H3;9H,5-8,10H2,1-4H3;8H,5-7,9H2,1-4H3;10-11H,5-9H2,1-4H3;10-11H,5-9H2,1-4H3;5-10H2,1-4H3;10H,5-9H2,1-4H3;5-9H2,1-4H3;9H,5-8H2,1-4H3;8H,5-7H2,1-4H3;5-6H2,1-4H3;5H2,1-4H3. The summed E-state index contributed by atoms with van der Waals surface area (Å²) in [6, 6.07) is 7.01. The van der Waals surface area contributed by atoms with Gasteiger partial charge in [-0.3, -0.25) is 53.6 Å². The molecule has 0 amide bonds. The Morgan fingerprint density at radius 3 is 0.993 bits per heavy atom. The van der Waals surface area contributed by atoms with Gasteiger partial charge in [-0.05, 0) is 346 Å². The molecule has 2 saturated carbocycles. The molecule has 13 rings (SSSR count). The molecule has 0 bridgehead atoms. The fourth-order valence-corrected chi connectivity index (χ4v) is 21.6. The van der Waals surface area contributed by atoms with Crippen LogP contribution in [0.1, 0.15) is 518 Å². The second-order valence-corrected chi connectivity index (χ2v) is 58.4. The van der Waals surface area contributed by atoms with Gasteiger partial charge in [0.25, 0.3) is 0 Å². The van der Waals surface area contributed by atoms with Gasteiger partial charge in [-0.15, -0.1) is 0 Å². The van der Waals surface area contributed by atoms with Crippen molar-refractivity contribution in [3.63, 3.8) is 0 Å². The zero-order chi connectivity index (χ0) is 115. The highest BCUT2D eigenvalue weighted by molar-refractivity contribution is 5.86. The number of fused-ring (bicyclic) bond motifs is 3. The van der Waals surface area contributed by atoms with E-state index >= 15 is 0 Å². The monoisotopic (exact) mass is 2100 g/mol. The molecule has 1 aromatic carbocycles. The first-order valence-corrected chi connectivity index (χ1v) is 62.0. The van der Waals surface area contributed by atoms with Crippen molar-refractivity contribution in [2.24, 2.45) is 63.1 Å². The molecule has 0 radical (unpaired) electrons. The molecule has 2 aromatic heterocycles. The van der Waals surface area contributed by atoms with Crippen molar-refractivity contribution in [1.82, 2.24) is 68.9 Å². The van der Waals surface area contributed by atoms with Gasteiger partial charge in [-0.1, -0.05) is 229 Å². The quantitative estimate of drug-likeness (QED) is 0.134. The second kappa shape index (κ2) is 66.3. The van der Waals surface area contributed by atoms with E-state index in [1.54, 1.807) is 5.56 Å². The average Bonchev–Trinajstić information content (AvgIpc) is 0.906. The summed E-state index contributed by atoms with van der Waals surface area (Å²) < 4.78 is 0. The molecule has 2 aliphatic carbocycles. The number of carbonyl (C=O) groups excluding carboxylic acids is 3. The number of hydrogen-bond acceptors (Lipinski definition) is 17. The third kappa shape index (κ3) is 54.7. The van der Waals surface area contributed by atoms with Crippen LogP contribution in [0.3, 0.4) is 0 Å². The summed E-state index contributed by atoms with van der Waals surface area (Å²) in [6.45, 7) is 133. The second-order valence-electron chi connectivity index (χ2n) is 58.4. The maximum absolute atomic E-state index is 12.0. The van der Waals surface area contributed by atoms with Crippen molar-refractivity contribution in [2.45, 2.75) is 570 Å². The SMILES string of the molecule is CCC(=O)C(C)(C)C.CCC1CCC(C(=O)C(C)(C)C)CC1.CCC1CCC(C(C)(C)C)CC1.CCC1CCN(C(C)(C)C)C1.CCC1CCN(C(C)(C)C)CC1.CCC1CN(C(C)(C)C)C1.CCCC(=O)C(C)(C)C.CCCN1CCN(C(C)(C)C)CC1.CCCc1ncc2c(n1)CCN(C(C)(C)C)C2.CCN1CCN(C(C)(C)C)CC1.CCc1ccc2c(c1)CCN(C(C)(C)C)C2.CCc1ncc2c(n1)CCN(C(C)(C)C)C2. The van der Waals surface area contributed by atoms with E-state index in [4.69, 9.17) is 0 Å². The molecule has 150 heavy (non-hydrogen) atoms. The van der Waals surface area contributed by atoms with Crippen LogP contribution in [0.4, 0.5) is 0 Å². The van der Waals surface area contributed by atoms with Crippen molar-refractivity contribution in [3.05, 3.63) is 81.4 Å². The van der Waals surface area contributed by atoms with E-state index < -0.39 is 0 Å². The Morgan fingerprint density at radius 2 is 0.667 bits per heavy atom. The van der Waals surface area contributed by atoms with E-state index in [2.05, 4.69) is 343 Å². The maximum atomic E-state index is 12.0. The van der Waals surface area contributed by atoms with Gasteiger partial charge >= 0.3 is 0 Å². The van der Waals surface area contributed by atoms with E-state index in [1.807, 2.05) is 88.6 Å². The van der Waals surface area contributed by atoms with Gasteiger partial charge in [-0.25, -0.2) is 19.9 Å². The van der Waals surface area contributed by atoms with Crippen molar-refractivity contribution < 1.29 is 14.4 Å². The predicted molar refractivity (Wildman–Crippen MR) is 655 cm³/mol. The van der Waals surface area contributed by atoms with Crippen molar-refractivity contribution in [2.75, 3.05) is 124 Å². The number of aryl methyl sites for hydroxylation is 3. The van der Waals surface area contributed by atoms with E-state index in [0.29, 0.717) is 68.3 Å². The molecule has 0 N–H and O–H groups in total. The Balaban J connectivity index is 0.000000556. The van der Waals surface area contributed by atoms with Gasteiger partial charge in [0, 0.05) is 251 Å². The highest BCUT2D eigenvalue weighted by Crippen LogP contribution is 2.42. The Morgan fingerprint density at radius 1 is 0.307 bits per heavy atom. The van der Waals surface area contributed by atoms with Gasteiger partial charge in [-0.2, -0.15) is 0 Å². The number of Topliss-reactive ketones (excluding diaryl/α,β-unsaturated/α-hetero) is 3. The number of likely N-dealkylation sites (N-methyl/N-ethyl adjacent to an activating group) is 1. The fourth-order valence-electron chi connectivity index (χ4n) is 21.6. The first-order valence-electron chi connectivity index (χ1n) is 62.0. The van der Waals surface area contributed by atoms with E-state index in [1.165, 1.54) is 248 Å². The third-order valence-corrected chi connectivity index (χ3v) is 34.0. The normalized spacial score (nSPS) is 21.3. The van der Waals surface area contributed by atoms with Gasteiger partial charge in [0.15, 0.2) is 0 Å². The van der Waals surface area contributed by atoms with Crippen LogP contribution < -0.4 is 0 Å². The number of carbonyl (C=O) groups is 3. The maximum Gasteiger partial charge on any atom is 0.141 e. The van der Waals surface area contributed by atoms with Crippen LogP contribution in [0.25, 0.3) is 0 Å². The molecule has 5 saturated heterocycles. The Labute approximate surface area is 933 Å². The Bertz CT molecular complexity index is 3960. The first kappa shape index (κ1) is 142. The van der Waals surface area contributed by atoms with Crippen molar-refractivity contribution in [1.29, 1.82) is 0 Å². The van der Waals surface area contributed by atoms with E-state index in [0.717, 1.165) is 144 Å². The van der Waals surface area contributed by atoms with Crippen LogP contribution in [0.15, 0.2) is 30.6 Å². The molecule has 1 unspecified atom stereocenters. The molecule has 3 aromatic rings. The molecule has 17 heteroatoms. The van der Waals surface area contributed by atoms with Crippen LogP contribution in [-0.2, 0) is 72.5 Å². The zero-order valence-electron chi connectivity index (χ0n) is 109. The molecular formula is C133H254N14O3. The molecule has 8 aliphatic heterocycles. The molecule has 10 aliphatic rings. The molecule has 1 atom stereocenters. The summed E-state index contributed by atoms with van der Waals surface area (Å²) >= 11 is 0. The van der Waals surface area contributed by atoms with E-state index in [-0.39, 0.29) is 27.3 Å². The lowest BCUT2D eigenvalue weighted by molar-refractivity contribution is -0.131. The number of hydrogen-bond donors (Lipinski definition) is 0. The van der Waals surface area contributed by atoms with Gasteiger partial charge in [0.1, 0.15) is 29.0 Å². The summed E-state index contributed by atoms with van der Waals surface area (Å²) in [5.41, 5.74) is 12.5. The van der Waals surface area contributed by atoms with Crippen LogP contribution in [0.2, 0.25) is 0 Å². The minimum absolute atomic E-state index is 0.129. The highest BCUT2D eigenvalue weighted by Gasteiger charge is 2.38. The number of rotatable bonds is 16. The van der Waals surface area contributed by atoms with Gasteiger partial charge in [0.05, 0.1) is 0 Å². The van der Waals surface area contributed by atoms with Crippen LogP contribution in [-0.4, -0.2) is 255 Å². The first-order chi connectivity index (χ1) is 69.1. The summed E-state index contributed by atoms with van der Waals surface area (Å²) in [5.74, 6) is 9.39. The van der Waals surface area contributed by atoms with Crippen molar-refractivity contribution in [3.8, 4) is 0 Å². The summed E-state index contributed by atoms with van der Waals surface area (Å²) in [4.78, 5) is 77.6. The average molecular weight is 2100 g/mol. The summed E-state index contributed by atoms with van der Waals surface area (Å²) in [6.07, 6.45) is 36.9. The van der Waals surface area contributed by atoms with Gasteiger partial charge in [0.2, 0.25) is 0 Å². The molecule has 17 nitrogen and oxygen atoms in total. The third-order valence-electron chi connectivity index (χ3n) is 34.0. The lowest BCUT2D eigenvalue weighted by Crippen LogP contribution is -2.55. The zero-order valence-corrected chi connectivity index (χ0v) is 109.